The van der Waals surface area contributed by atoms with Gasteiger partial charge in [-0.1, -0.05) is 11.6 Å². The molecule has 0 amide bonds. The summed E-state index contributed by atoms with van der Waals surface area (Å²) in [4.78, 5) is 8.38. The van der Waals surface area contributed by atoms with Crippen LogP contribution in [0.4, 0.5) is 0 Å². The number of hydrogen-bond acceptors (Lipinski definition) is 3. The number of nitrogens with zero attached hydrogens (tertiary/aromatic N) is 4. The molecule has 0 radical (unpaired) electrons. The molecule has 0 aromatic carbocycles. The minimum absolute atomic E-state index is 0.477. The monoisotopic (exact) mass is 334 g/mol. The Morgan fingerprint density at radius 3 is 2.87 bits per heavy atom. The average Bonchev–Trinajstić information content (AvgIpc) is 2.70. The van der Waals surface area contributed by atoms with Crippen LogP contribution in [-0.4, -0.2) is 19.7 Å². The Kier molecular flexibility index (Phi) is 3.20. The molecular formula is C9H8ClIN4. The lowest BCUT2D eigenvalue weighted by Crippen LogP contribution is -1.93. The van der Waals surface area contributed by atoms with Crippen LogP contribution < -0.4 is 0 Å². The molecule has 0 aliphatic carbocycles. The van der Waals surface area contributed by atoms with Crippen molar-refractivity contribution < 1.29 is 0 Å². The predicted molar refractivity (Wildman–Crippen MR) is 66.7 cm³/mol. The third-order valence-electron chi connectivity index (χ3n) is 1.92. The zero-order valence-corrected chi connectivity index (χ0v) is 10.9. The van der Waals surface area contributed by atoms with Gasteiger partial charge in [-0.05, 0) is 29.5 Å². The van der Waals surface area contributed by atoms with Crippen molar-refractivity contribution in [1.82, 2.24) is 19.7 Å². The molecule has 0 aliphatic heterocycles. The van der Waals surface area contributed by atoms with Gasteiger partial charge in [0.05, 0.1) is 15.3 Å². The number of aryl methyl sites for hydroxylation is 1. The summed E-state index contributed by atoms with van der Waals surface area (Å²) in [5.41, 5.74) is 0.884. The lowest BCUT2D eigenvalue weighted by molar-refractivity contribution is 0.660. The predicted octanol–water partition coefficient (Wildman–Crippen LogP) is 2.62. The topological polar surface area (TPSA) is 43.6 Å². The quantitative estimate of drug-likeness (QED) is 0.626. The van der Waals surface area contributed by atoms with Crippen LogP contribution in [0.1, 0.15) is 6.92 Å². The molecule has 0 saturated heterocycles. The molecule has 2 rings (SSSR count). The highest BCUT2D eigenvalue weighted by atomic mass is 127. The molecule has 0 N–H and O–H groups in total. The van der Waals surface area contributed by atoms with Crippen LogP contribution >= 0.6 is 34.2 Å². The van der Waals surface area contributed by atoms with Gasteiger partial charge in [-0.25, -0.2) is 9.97 Å². The lowest BCUT2D eigenvalue weighted by Gasteiger charge is -1.97. The van der Waals surface area contributed by atoms with Gasteiger partial charge >= 0.3 is 0 Å². The maximum absolute atomic E-state index is 5.92. The largest absolute Gasteiger partial charge is 0.272 e. The van der Waals surface area contributed by atoms with Gasteiger partial charge in [0.1, 0.15) is 5.15 Å². The maximum Gasteiger partial charge on any atom is 0.164 e. The molecule has 15 heavy (non-hydrogen) atoms. The van der Waals surface area contributed by atoms with E-state index in [2.05, 4.69) is 37.7 Å². The summed E-state index contributed by atoms with van der Waals surface area (Å²) in [5, 5.41) is 4.63. The van der Waals surface area contributed by atoms with E-state index in [0.29, 0.717) is 11.0 Å². The van der Waals surface area contributed by atoms with E-state index in [1.807, 2.05) is 17.8 Å². The number of halogens is 2. The highest BCUT2D eigenvalue weighted by Gasteiger charge is 2.06. The van der Waals surface area contributed by atoms with Crippen LogP contribution in [-0.2, 0) is 6.54 Å². The number of aromatic nitrogens is 4. The van der Waals surface area contributed by atoms with E-state index >= 15 is 0 Å². The van der Waals surface area contributed by atoms with Crippen molar-refractivity contribution in [1.29, 1.82) is 0 Å². The summed E-state index contributed by atoms with van der Waals surface area (Å²) in [6.45, 7) is 2.86. The van der Waals surface area contributed by atoms with Crippen LogP contribution in [0.15, 0.2) is 18.6 Å². The van der Waals surface area contributed by atoms with Crippen molar-refractivity contribution >= 4 is 34.2 Å². The standard InChI is InChI=1S/C9H8ClIN4/c1-2-15-5-6(3-13-15)9-12-4-7(11)8(10)14-9/h3-5H,2H2,1H3. The van der Waals surface area contributed by atoms with Crippen molar-refractivity contribution in [3.63, 3.8) is 0 Å². The van der Waals surface area contributed by atoms with E-state index < -0.39 is 0 Å². The first-order valence-electron chi connectivity index (χ1n) is 4.41. The Hall–Kier alpha value is -0.690. The van der Waals surface area contributed by atoms with Gasteiger partial charge in [0, 0.05) is 18.9 Å². The summed E-state index contributed by atoms with van der Waals surface area (Å²) in [6, 6.07) is 0. The van der Waals surface area contributed by atoms with E-state index in [1.165, 1.54) is 0 Å². The van der Waals surface area contributed by atoms with Gasteiger partial charge in [-0.3, -0.25) is 4.68 Å². The minimum atomic E-state index is 0.477. The minimum Gasteiger partial charge on any atom is -0.272 e. The fourth-order valence-corrected chi connectivity index (χ4v) is 1.53. The smallest absolute Gasteiger partial charge is 0.164 e. The first-order valence-corrected chi connectivity index (χ1v) is 5.87. The summed E-state index contributed by atoms with van der Waals surface area (Å²) in [7, 11) is 0. The Morgan fingerprint density at radius 2 is 2.27 bits per heavy atom. The second-order valence-corrected chi connectivity index (χ2v) is 4.44. The van der Waals surface area contributed by atoms with Crippen LogP contribution in [0, 0.1) is 3.57 Å². The Bertz CT molecular complexity index is 483. The molecule has 78 valence electrons. The van der Waals surface area contributed by atoms with Crippen LogP contribution in [0.3, 0.4) is 0 Å². The van der Waals surface area contributed by atoms with Gasteiger partial charge in [0.25, 0.3) is 0 Å². The maximum atomic E-state index is 5.92. The Morgan fingerprint density at radius 1 is 1.47 bits per heavy atom. The molecule has 0 bridgehead atoms. The van der Waals surface area contributed by atoms with Crippen molar-refractivity contribution in [3.05, 3.63) is 27.3 Å². The van der Waals surface area contributed by atoms with Crippen LogP contribution in [0.2, 0.25) is 5.15 Å². The molecule has 0 saturated carbocycles. The molecule has 2 aromatic heterocycles. The average molecular weight is 335 g/mol. The van der Waals surface area contributed by atoms with Crippen LogP contribution in [0.5, 0.6) is 0 Å². The van der Waals surface area contributed by atoms with Crippen LogP contribution in [0.25, 0.3) is 11.4 Å². The zero-order chi connectivity index (χ0) is 10.8. The second kappa shape index (κ2) is 4.44. The lowest BCUT2D eigenvalue weighted by atomic mass is 10.3. The third-order valence-corrected chi connectivity index (χ3v) is 3.31. The third kappa shape index (κ3) is 2.28. The molecule has 0 spiro atoms. The molecule has 2 aromatic rings. The number of rotatable bonds is 2. The van der Waals surface area contributed by atoms with Gasteiger partial charge in [-0.2, -0.15) is 5.10 Å². The van der Waals surface area contributed by atoms with Crippen molar-refractivity contribution in [2.24, 2.45) is 0 Å². The van der Waals surface area contributed by atoms with E-state index in [1.54, 1.807) is 12.4 Å². The van der Waals surface area contributed by atoms with E-state index in [4.69, 9.17) is 11.6 Å². The fourth-order valence-electron chi connectivity index (χ4n) is 1.14. The van der Waals surface area contributed by atoms with Gasteiger partial charge in [0.2, 0.25) is 0 Å². The first kappa shape index (κ1) is 10.8. The highest BCUT2D eigenvalue weighted by molar-refractivity contribution is 14.1. The number of hydrogen-bond donors (Lipinski definition) is 0. The second-order valence-electron chi connectivity index (χ2n) is 2.92. The van der Waals surface area contributed by atoms with E-state index in [0.717, 1.165) is 15.7 Å². The molecular weight excluding hydrogens is 326 g/mol. The summed E-state index contributed by atoms with van der Waals surface area (Å²) in [6.07, 6.45) is 5.34. The van der Waals surface area contributed by atoms with Crippen molar-refractivity contribution in [2.45, 2.75) is 13.5 Å². The molecule has 0 aliphatic rings. The SMILES string of the molecule is CCn1cc(-c2ncc(I)c(Cl)n2)cn1. The van der Waals surface area contributed by atoms with Crippen molar-refractivity contribution in [2.75, 3.05) is 0 Å². The summed E-state index contributed by atoms with van der Waals surface area (Å²) >= 11 is 8.01. The molecule has 0 atom stereocenters. The summed E-state index contributed by atoms with van der Waals surface area (Å²) < 4.78 is 2.67. The van der Waals surface area contributed by atoms with Gasteiger partial charge in [0.15, 0.2) is 5.82 Å². The fraction of sp³-hybridized carbons (Fsp3) is 0.222. The normalized spacial score (nSPS) is 10.6. The highest BCUT2D eigenvalue weighted by Crippen LogP contribution is 2.19. The van der Waals surface area contributed by atoms with E-state index in [9.17, 15) is 0 Å². The molecule has 2 heterocycles. The van der Waals surface area contributed by atoms with E-state index in [-0.39, 0.29) is 0 Å². The van der Waals surface area contributed by atoms with Gasteiger partial charge in [-0.15, -0.1) is 0 Å². The Labute approximate surface area is 106 Å². The summed E-state index contributed by atoms with van der Waals surface area (Å²) in [5.74, 6) is 0.611. The molecule has 0 unspecified atom stereocenters. The zero-order valence-electron chi connectivity index (χ0n) is 7.98. The first-order chi connectivity index (χ1) is 7.20. The Balaban J connectivity index is 2.40. The molecule has 0 fully saturated rings. The van der Waals surface area contributed by atoms with Crippen molar-refractivity contribution in [3.8, 4) is 11.4 Å². The molecule has 6 heteroatoms. The van der Waals surface area contributed by atoms with Gasteiger partial charge < -0.3 is 0 Å². The molecule has 4 nitrogen and oxygen atoms in total.